The number of nitrogens with zero attached hydrogens (tertiary/aromatic N) is 1. The molecule has 0 spiro atoms. The van der Waals surface area contributed by atoms with Gasteiger partial charge in [0.2, 0.25) is 0 Å². The number of aliphatic imine (C=N–C) groups is 1. The van der Waals surface area contributed by atoms with Crippen LogP contribution < -0.4 is 14.8 Å². The van der Waals surface area contributed by atoms with Gasteiger partial charge in [-0.25, -0.2) is 0 Å². The molecule has 1 heterocycles. The number of benzene rings is 1. The molecule has 2 rings (SSSR count). The molecule has 1 aromatic rings. The fourth-order valence-corrected chi connectivity index (χ4v) is 2.47. The first-order valence-electron chi connectivity index (χ1n) is 6.77. The van der Waals surface area contributed by atoms with Crippen LogP contribution in [0.3, 0.4) is 0 Å². The van der Waals surface area contributed by atoms with Gasteiger partial charge in [-0.1, -0.05) is 25.6 Å². The molecule has 0 atom stereocenters. The Bertz CT molecular complexity index is 463. The van der Waals surface area contributed by atoms with Crippen LogP contribution in [0, 0.1) is 5.41 Å². The number of methoxy groups -OCH3 is 1. The maximum absolute atomic E-state index is 5.68. The molecular weight excluding hydrogens is 308 g/mol. The van der Waals surface area contributed by atoms with Crippen LogP contribution in [-0.4, -0.2) is 37.7 Å². The van der Waals surface area contributed by atoms with E-state index in [9.17, 15) is 0 Å². The molecule has 0 aliphatic carbocycles. The van der Waals surface area contributed by atoms with E-state index in [1.54, 1.807) is 18.9 Å². The summed E-state index contributed by atoms with van der Waals surface area (Å²) in [6, 6.07) is 7.64. The number of thioether (sulfide) groups is 1. The molecule has 1 aromatic carbocycles. The van der Waals surface area contributed by atoms with E-state index in [0.29, 0.717) is 6.61 Å². The maximum atomic E-state index is 5.68. The van der Waals surface area contributed by atoms with Crippen molar-refractivity contribution in [3.8, 4) is 11.5 Å². The molecule has 0 aromatic heterocycles. The summed E-state index contributed by atoms with van der Waals surface area (Å²) in [5.74, 6) is 2.60. The number of nitrogens with one attached hydrogen (secondary N) is 1. The van der Waals surface area contributed by atoms with Crippen molar-refractivity contribution >= 4 is 29.3 Å². The molecule has 0 saturated heterocycles. The molecule has 0 unspecified atom stereocenters. The van der Waals surface area contributed by atoms with Gasteiger partial charge in [-0.15, -0.1) is 12.4 Å². The van der Waals surface area contributed by atoms with Crippen LogP contribution in [0.4, 0.5) is 0 Å². The van der Waals surface area contributed by atoms with Crippen LogP contribution in [-0.2, 0) is 0 Å². The van der Waals surface area contributed by atoms with Gasteiger partial charge >= 0.3 is 0 Å². The third-order valence-corrected chi connectivity index (χ3v) is 3.94. The molecule has 118 valence electrons. The average Bonchev–Trinajstić information content (AvgIpc) is 2.46. The Kier molecular flexibility index (Phi) is 7.18. The van der Waals surface area contributed by atoms with Gasteiger partial charge in [-0.2, -0.15) is 0 Å². The number of hydrogen-bond acceptors (Lipinski definition) is 5. The molecule has 0 radical (unpaired) electrons. The highest BCUT2D eigenvalue weighted by Crippen LogP contribution is 2.20. The van der Waals surface area contributed by atoms with Crippen LogP contribution >= 0.6 is 24.2 Å². The Labute approximate surface area is 137 Å². The van der Waals surface area contributed by atoms with Crippen LogP contribution in [0.2, 0.25) is 0 Å². The van der Waals surface area contributed by atoms with Gasteiger partial charge in [-0.3, -0.25) is 4.99 Å². The average molecular weight is 331 g/mol. The van der Waals surface area contributed by atoms with Crippen molar-refractivity contribution in [2.75, 3.05) is 32.6 Å². The molecule has 0 bridgehead atoms. The summed E-state index contributed by atoms with van der Waals surface area (Å²) < 4.78 is 10.8. The second-order valence-corrected chi connectivity index (χ2v) is 6.60. The third-order valence-electron chi connectivity index (χ3n) is 3.02. The predicted octanol–water partition coefficient (Wildman–Crippen LogP) is 3.21. The Hall–Kier alpha value is -1.07. The molecule has 6 heteroatoms. The van der Waals surface area contributed by atoms with Crippen molar-refractivity contribution in [2.45, 2.75) is 13.8 Å². The van der Waals surface area contributed by atoms with Gasteiger partial charge in [0.05, 0.1) is 13.7 Å². The van der Waals surface area contributed by atoms with Gasteiger partial charge in [-0.05, 0) is 24.3 Å². The number of rotatable bonds is 5. The van der Waals surface area contributed by atoms with Crippen molar-refractivity contribution < 1.29 is 9.47 Å². The van der Waals surface area contributed by atoms with Crippen LogP contribution in [0.15, 0.2) is 29.3 Å². The van der Waals surface area contributed by atoms with Gasteiger partial charge in [0.15, 0.2) is 5.17 Å². The highest BCUT2D eigenvalue weighted by molar-refractivity contribution is 8.13. The zero-order valence-electron chi connectivity index (χ0n) is 12.7. The SMILES string of the molecule is COc1ccc(OCCSC2=NCC(C)(C)CN2)cc1.Cl. The van der Waals surface area contributed by atoms with Crippen molar-refractivity contribution in [3.63, 3.8) is 0 Å². The van der Waals surface area contributed by atoms with E-state index in [1.165, 1.54) is 0 Å². The van der Waals surface area contributed by atoms with E-state index in [-0.39, 0.29) is 17.8 Å². The van der Waals surface area contributed by atoms with Crippen molar-refractivity contribution in [1.82, 2.24) is 5.32 Å². The second kappa shape index (κ2) is 8.39. The Morgan fingerprint density at radius 3 is 2.48 bits per heavy atom. The lowest BCUT2D eigenvalue weighted by Gasteiger charge is -2.28. The first-order chi connectivity index (χ1) is 9.59. The quantitative estimate of drug-likeness (QED) is 0.842. The minimum atomic E-state index is 0. The number of ether oxygens (including phenoxy) is 2. The summed E-state index contributed by atoms with van der Waals surface area (Å²) in [6.45, 7) is 6.98. The minimum Gasteiger partial charge on any atom is -0.497 e. The van der Waals surface area contributed by atoms with Gasteiger partial charge in [0.1, 0.15) is 11.5 Å². The highest BCUT2D eigenvalue weighted by Gasteiger charge is 2.22. The summed E-state index contributed by atoms with van der Waals surface area (Å²) in [5.41, 5.74) is 0.268. The number of amidine groups is 1. The number of halogens is 1. The maximum Gasteiger partial charge on any atom is 0.156 e. The monoisotopic (exact) mass is 330 g/mol. The topological polar surface area (TPSA) is 42.9 Å². The lowest BCUT2D eigenvalue weighted by molar-refractivity contribution is 0.342. The normalized spacial score (nSPS) is 16.2. The molecular formula is C15H23ClN2O2S. The van der Waals surface area contributed by atoms with Gasteiger partial charge in [0.25, 0.3) is 0 Å². The first kappa shape index (κ1) is 18.0. The summed E-state index contributed by atoms with van der Waals surface area (Å²) >= 11 is 1.71. The number of hydrogen-bond donors (Lipinski definition) is 1. The van der Waals surface area contributed by atoms with Gasteiger partial charge in [0, 0.05) is 24.3 Å². The lowest BCUT2D eigenvalue weighted by Crippen LogP contribution is -2.39. The summed E-state index contributed by atoms with van der Waals surface area (Å²) in [5, 5.41) is 4.39. The summed E-state index contributed by atoms with van der Waals surface area (Å²) in [6.07, 6.45) is 0. The Balaban J connectivity index is 0.00000220. The van der Waals surface area contributed by atoms with Crippen LogP contribution in [0.1, 0.15) is 13.8 Å². The van der Waals surface area contributed by atoms with Crippen LogP contribution in [0.5, 0.6) is 11.5 Å². The third kappa shape index (κ3) is 6.06. The largest absolute Gasteiger partial charge is 0.497 e. The second-order valence-electron chi connectivity index (χ2n) is 5.51. The van der Waals surface area contributed by atoms with Crippen molar-refractivity contribution in [3.05, 3.63) is 24.3 Å². The van der Waals surface area contributed by atoms with Crippen LogP contribution in [0.25, 0.3) is 0 Å². The predicted molar refractivity (Wildman–Crippen MR) is 92.3 cm³/mol. The molecule has 0 amide bonds. The van der Waals surface area contributed by atoms with Gasteiger partial charge < -0.3 is 14.8 Å². The first-order valence-corrected chi connectivity index (χ1v) is 7.76. The Morgan fingerprint density at radius 2 is 1.90 bits per heavy atom. The molecule has 1 N–H and O–H groups in total. The fraction of sp³-hybridized carbons (Fsp3) is 0.533. The molecule has 1 aliphatic rings. The van der Waals surface area contributed by atoms with E-state index >= 15 is 0 Å². The Morgan fingerprint density at radius 1 is 1.24 bits per heavy atom. The van der Waals surface area contributed by atoms with E-state index in [0.717, 1.165) is 35.5 Å². The van der Waals surface area contributed by atoms with E-state index in [1.807, 2.05) is 24.3 Å². The lowest BCUT2D eigenvalue weighted by atomic mass is 9.93. The zero-order chi connectivity index (χ0) is 14.4. The molecule has 0 fully saturated rings. The van der Waals surface area contributed by atoms with E-state index in [4.69, 9.17) is 9.47 Å². The standard InChI is InChI=1S/C15H22N2O2S.ClH/c1-15(2)10-16-14(17-11-15)20-9-8-19-13-6-4-12(18-3)5-7-13;/h4-7H,8-11H2,1-3H3,(H,16,17);1H. The minimum absolute atomic E-state index is 0. The van der Waals surface area contributed by atoms with E-state index in [2.05, 4.69) is 24.2 Å². The highest BCUT2D eigenvalue weighted by atomic mass is 35.5. The summed E-state index contributed by atoms with van der Waals surface area (Å²) in [7, 11) is 1.66. The van der Waals surface area contributed by atoms with Crippen molar-refractivity contribution in [1.29, 1.82) is 0 Å². The zero-order valence-corrected chi connectivity index (χ0v) is 14.4. The molecule has 21 heavy (non-hydrogen) atoms. The molecule has 1 aliphatic heterocycles. The summed E-state index contributed by atoms with van der Waals surface area (Å²) in [4.78, 5) is 4.55. The van der Waals surface area contributed by atoms with E-state index < -0.39 is 0 Å². The fourth-order valence-electron chi connectivity index (χ4n) is 1.78. The smallest absolute Gasteiger partial charge is 0.156 e. The molecule has 0 saturated carbocycles. The van der Waals surface area contributed by atoms with Crippen molar-refractivity contribution in [2.24, 2.45) is 10.4 Å². The molecule has 4 nitrogen and oxygen atoms in total.